The Morgan fingerprint density at radius 1 is 1.52 bits per heavy atom. The second-order valence-electron chi connectivity index (χ2n) is 4.94. The van der Waals surface area contributed by atoms with Crippen molar-refractivity contribution in [2.75, 3.05) is 12.4 Å². The number of halogens is 2. The number of benzene rings is 1. The summed E-state index contributed by atoms with van der Waals surface area (Å²) in [6, 6.07) is 5.59. The van der Waals surface area contributed by atoms with Gasteiger partial charge < -0.3 is 9.88 Å². The zero-order chi connectivity index (χ0) is 15.4. The first kappa shape index (κ1) is 16.3. The summed E-state index contributed by atoms with van der Waals surface area (Å²) in [5.41, 5.74) is 1.83. The van der Waals surface area contributed by atoms with Gasteiger partial charge in [-0.3, -0.25) is 4.79 Å². The van der Waals surface area contributed by atoms with Gasteiger partial charge in [0.05, 0.1) is 11.0 Å². The number of nitrogens with zero attached hydrogens (tertiary/aromatic N) is 2. The molecule has 2 rings (SSSR count). The maximum absolute atomic E-state index is 12.3. The van der Waals surface area contributed by atoms with Crippen LogP contribution in [0.25, 0.3) is 11.0 Å². The smallest absolute Gasteiger partial charge is 0.242 e. The fourth-order valence-electron chi connectivity index (χ4n) is 2.33. The maximum atomic E-state index is 12.3. The monoisotopic (exact) mass is 371 g/mol. The fraction of sp³-hybridized carbons (Fsp3) is 0.467. The average Bonchev–Trinajstić information content (AvgIpc) is 2.81. The van der Waals surface area contributed by atoms with Crippen LogP contribution >= 0.6 is 27.5 Å². The van der Waals surface area contributed by atoms with Crippen molar-refractivity contribution in [3.8, 4) is 0 Å². The molecule has 0 aliphatic carbocycles. The van der Waals surface area contributed by atoms with Gasteiger partial charge in [0.15, 0.2) is 0 Å². The molecule has 4 nitrogen and oxygen atoms in total. The van der Waals surface area contributed by atoms with Crippen LogP contribution in [0.4, 0.5) is 0 Å². The lowest BCUT2D eigenvalue weighted by Crippen LogP contribution is -2.32. The van der Waals surface area contributed by atoms with Gasteiger partial charge in [-0.15, -0.1) is 11.6 Å². The predicted molar refractivity (Wildman–Crippen MR) is 89.9 cm³/mol. The van der Waals surface area contributed by atoms with E-state index in [0.29, 0.717) is 18.8 Å². The number of amides is 1. The van der Waals surface area contributed by atoms with Crippen molar-refractivity contribution in [3.63, 3.8) is 0 Å². The first-order valence-corrected chi connectivity index (χ1v) is 8.41. The molecule has 0 fully saturated rings. The molecule has 114 valence electrons. The van der Waals surface area contributed by atoms with Crippen LogP contribution < -0.4 is 5.32 Å². The highest BCUT2D eigenvalue weighted by Gasteiger charge is 2.21. The van der Waals surface area contributed by atoms with E-state index in [2.05, 4.69) is 26.2 Å². The molecule has 1 N–H and O–H groups in total. The number of alkyl halides is 1. The molecule has 1 atom stereocenters. The Hall–Kier alpha value is -1.07. The molecular formula is C15H19BrClN3O. The lowest BCUT2D eigenvalue weighted by Gasteiger charge is -2.17. The number of hydrogen-bond donors (Lipinski definition) is 1. The third kappa shape index (κ3) is 3.58. The van der Waals surface area contributed by atoms with Gasteiger partial charge in [0, 0.05) is 23.3 Å². The van der Waals surface area contributed by atoms with Gasteiger partial charge in [0.2, 0.25) is 5.91 Å². The van der Waals surface area contributed by atoms with E-state index in [0.717, 1.165) is 27.8 Å². The Morgan fingerprint density at radius 2 is 2.29 bits per heavy atom. The number of nitrogens with one attached hydrogen (secondary N) is 1. The first-order chi connectivity index (χ1) is 10.1. The van der Waals surface area contributed by atoms with E-state index in [1.807, 2.05) is 36.6 Å². The summed E-state index contributed by atoms with van der Waals surface area (Å²) in [7, 11) is 0. The molecule has 21 heavy (non-hydrogen) atoms. The molecule has 2 aromatic rings. The number of imidazole rings is 1. The molecule has 0 saturated heterocycles. The molecule has 1 aromatic carbocycles. The van der Waals surface area contributed by atoms with E-state index in [-0.39, 0.29) is 11.9 Å². The Labute approximate surface area is 138 Å². The summed E-state index contributed by atoms with van der Waals surface area (Å²) in [5.74, 6) is 1.33. The number of carbonyl (C=O) groups excluding carboxylic acids is 1. The fourth-order valence-corrected chi connectivity index (χ4v) is 2.85. The minimum Gasteiger partial charge on any atom is -0.354 e. The zero-order valence-electron chi connectivity index (χ0n) is 12.2. The molecule has 0 aliphatic rings. The molecule has 0 bridgehead atoms. The summed E-state index contributed by atoms with van der Waals surface area (Å²) >= 11 is 9.32. The zero-order valence-corrected chi connectivity index (χ0v) is 14.5. The van der Waals surface area contributed by atoms with Crippen molar-refractivity contribution in [2.24, 2.45) is 0 Å². The van der Waals surface area contributed by atoms with Gasteiger partial charge >= 0.3 is 0 Å². The SMILES string of the molecule is CCCNC(=O)C(C)n1c(CCCl)nc2cc(Br)ccc21. The van der Waals surface area contributed by atoms with Crippen LogP contribution in [0, 0.1) is 0 Å². The van der Waals surface area contributed by atoms with Crippen LogP contribution in [0.15, 0.2) is 22.7 Å². The van der Waals surface area contributed by atoms with Crippen LogP contribution in [0.1, 0.15) is 32.1 Å². The summed E-state index contributed by atoms with van der Waals surface area (Å²) in [6.07, 6.45) is 1.56. The number of aromatic nitrogens is 2. The number of fused-ring (bicyclic) bond motifs is 1. The van der Waals surface area contributed by atoms with E-state index >= 15 is 0 Å². The van der Waals surface area contributed by atoms with Crippen LogP contribution in [-0.2, 0) is 11.2 Å². The summed E-state index contributed by atoms with van der Waals surface area (Å²) in [4.78, 5) is 16.9. The lowest BCUT2D eigenvalue weighted by atomic mass is 10.2. The Bertz CT molecular complexity index is 641. The van der Waals surface area contributed by atoms with E-state index in [9.17, 15) is 4.79 Å². The van der Waals surface area contributed by atoms with E-state index < -0.39 is 0 Å². The van der Waals surface area contributed by atoms with Crippen LogP contribution in [0.3, 0.4) is 0 Å². The first-order valence-electron chi connectivity index (χ1n) is 7.08. The molecule has 0 spiro atoms. The second kappa shape index (κ2) is 7.27. The van der Waals surface area contributed by atoms with E-state index in [1.54, 1.807) is 0 Å². The topological polar surface area (TPSA) is 46.9 Å². The number of aryl methyl sites for hydroxylation is 1. The Balaban J connectivity index is 2.44. The Morgan fingerprint density at radius 3 is 2.95 bits per heavy atom. The minimum absolute atomic E-state index is 0.00916. The van der Waals surface area contributed by atoms with Gasteiger partial charge in [-0.2, -0.15) is 0 Å². The summed E-state index contributed by atoms with van der Waals surface area (Å²) in [6.45, 7) is 4.62. The van der Waals surface area contributed by atoms with Crippen LogP contribution in [0.5, 0.6) is 0 Å². The molecule has 0 saturated carbocycles. The molecule has 6 heteroatoms. The van der Waals surface area contributed by atoms with E-state index in [4.69, 9.17) is 11.6 Å². The van der Waals surface area contributed by atoms with Crippen molar-refractivity contribution >= 4 is 44.5 Å². The van der Waals surface area contributed by atoms with Crippen molar-refractivity contribution in [1.29, 1.82) is 0 Å². The second-order valence-corrected chi connectivity index (χ2v) is 6.23. The molecule has 0 aliphatic heterocycles. The molecule has 1 aromatic heterocycles. The minimum atomic E-state index is -0.305. The molecule has 1 amide bonds. The van der Waals surface area contributed by atoms with Crippen molar-refractivity contribution in [2.45, 2.75) is 32.7 Å². The molecule has 1 heterocycles. The van der Waals surface area contributed by atoms with Crippen LogP contribution in [-0.4, -0.2) is 27.9 Å². The maximum Gasteiger partial charge on any atom is 0.242 e. The van der Waals surface area contributed by atoms with Gasteiger partial charge in [-0.1, -0.05) is 22.9 Å². The molecule has 0 radical (unpaired) electrons. The highest BCUT2D eigenvalue weighted by molar-refractivity contribution is 9.10. The predicted octanol–water partition coefficient (Wildman–Crippen LogP) is 3.67. The quantitative estimate of drug-likeness (QED) is 0.787. The number of carbonyl (C=O) groups is 1. The van der Waals surface area contributed by atoms with Gasteiger partial charge in [-0.05, 0) is 31.5 Å². The molecule has 1 unspecified atom stereocenters. The third-order valence-corrected chi connectivity index (χ3v) is 4.04. The average molecular weight is 373 g/mol. The normalized spacial score (nSPS) is 12.6. The highest BCUT2D eigenvalue weighted by atomic mass is 79.9. The molecular weight excluding hydrogens is 354 g/mol. The van der Waals surface area contributed by atoms with Crippen molar-refractivity contribution in [1.82, 2.24) is 14.9 Å². The number of rotatable bonds is 6. The largest absolute Gasteiger partial charge is 0.354 e. The standard InChI is InChI=1S/C15H19BrClN3O/c1-3-8-18-15(21)10(2)20-13-5-4-11(16)9-12(13)19-14(20)6-7-17/h4-5,9-10H,3,6-8H2,1-2H3,(H,18,21). The summed E-state index contributed by atoms with van der Waals surface area (Å²) in [5, 5.41) is 2.94. The Kier molecular flexibility index (Phi) is 5.65. The van der Waals surface area contributed by atoms with Gasteiger partial charge in [0.25, 0.3) is 0 Å². The van der Waals surface area contributed by atoms with E-state index in [1.165, 1.54) is 0 Å². The summed E-state index contributed by atoms with van der Waals surface area (Å²) < 4.78 is 2.95. The van der Waals surface area contributed by atoms with Gasteiger partial charge in [-0.25, -0.2) is 4.98 Å². The van der Waals surface area contributed by atoms with Crippen molar-refractivity contribution in [3.05, 3.63) is 28.5 Å². The third-order valence-electron chi connectivity index (χ3n) is 3.36. The van der Waals surface area contributed by atoms with Crippen molar-refractivity contribution < 1.29 is 4.79 Å². The van der Waals surface area contributed by atoms with Gasteiger partial charge in [0.1, 0.15) is 11.9 Å². The highest BCUT2D eigenvalue weighted by Crippen LogP contribution is 2.25. The number of hydrogen-bond acceptors (Lipinski definition) is 2. The lowest BCUT2D eigenvalue weighted by molar-refractivity contribution is -0.123. The van der Waals surface area contributed by atoms with Crippen LogP contribution in [0.2, 0.25) is 0 Å².